The summed E-state index contributed by atoms with van der Waals surface area (Å²) in [4.78, 5) is 2.20. The summed E-state index contributed by atoms with van der Waals surface area (Å²) in [6, 6.07) is 0.648. The summed E-state index contributed by atoms with van der Waals surface area (Å²) in [5.41, 5.74) is 0. The van der Waals surface area contributed by atoms with E-state index in [1.165, 1.54) is 6.42 Å². The van der Waals surface area contributed by atoms with E-state index in [1.54, 1.807) is 0 Å². The molecule has 0 bridgehead atoms. The maximum Gasteiger partial charge on any atom is 0.0101 e. The quantitative estimate of drug-likeness (QED) is 0.654. The highest BCUT2D eigenvalue weighted by molar-refractivity contribution is 4.67. The number of nitrogens with one attached hydrogen (secondary N) is 1. The summed E-state index contributed by atoms with van der Waals surface area (Å²) in [7, 11) is 4.21. The van der Waals surface area contributed by atoms with Crippen molar-refractivity contribution < 1.29 is 0 Å². The number of likely N-dealkylation sites (N-methyl/N-ethyl adjacent to an activating group) is 1. The number of hydrogen-bond donors (Lipinski definition) is 1. The van der Waals surface area contributed by atoms with Crippen molar-refractivity contribution in [1.29, 1.82) is 0 Å². The van der Waals surface area contributed by atoms with Crippen LogP contribution in [0.1, 0.15) is 27.2 Å². The first-order chi connectivity index (χ1) is 5.57. The van der Waals surface area contributed by atoms with Crippen molar-refractivity contribution in [3.05, 3.63) is 0 Å². The second kappa shape index (κ2) is 6.44. The SMILES string of the molecule is CCC(C)C(C)NCCN(C)C. The molecule has 0 aromatic rings. The van der Waals surface area contributed by atoms with Crippen LogP contribution in [0.15, 0.2) is 0 Å². The van der Waals surface area contributed by atoms with Crippen LogP contribution in [-0.4, -0.2) is 38.1 Å². The number of nitrogens with zero attached hydrogens (tertiary/aromatic N) is 1. The minimum absolute atomic E-state index is 0.648. The zero-order chi connectivity index (χ0) is 9.56. The van der Waals surface area contributed by atoms with Crippen LogP contribution in [0.3, 0.4) is 0 Å². The molecule has 0 aromatic heterocycles. The van der Waals surface area contributed by atoms with Crippen molar-refractivity contribution in [2.24, 2.45) is 5.92 Å². The molecule has 0 amide bonds. The minimum atomic E-state index is 0.648. The molecule has 0 rings (SSSR count). The van der Waals surface area contributed by atoms with E-state index < -0.39 is 0 Å². The standard InChI is InChI=1S/C10H24N2/c1-6-9(2)10(3)11-7-8-12(4)5/h9-11H,6-8H2,1-5H3. The third-order valence-electron chi connectivity index (χ3n) is 2.52. The van der Waals surface area contributed by atoms with Gasteiger partial charge in [-0.05, 0) is 26.9 Å². The minimum Gasteiger partial charge on any atom is -0.313 e. The van der Waals surface area contributed by atoms with Gasteiger partial charge < -0.3 is 10.2 Å². The molecule has 2 nitrogen and oxygen atoms in total. The predicted octanol–water partition coefficient (Wildman–Crippen LogP) is 1.57. The number of rotatable bonds is 6. The lowest BCUT2D eigenvalue weighted by atomic mass is 10.0. The summed E-state index contributed by atoms with van der Waals surface area (Å²) in [5.74, 6) is 0.784. The fourth-order valence-corrected chi connectivity index (χ4v) is 1.07. The highest BCUT2D eigenvalue weighted by atomic mass is 15.1. The van der Waals surface area contributed by atoms with Gasteiger partial charge in [-0.1, -0.05) is 20.3 Å². The van der Waals surface area contributed by atoms with E-state index in [2.05, 4.69) is 45.1 Å². The Kier molecular flexibility index (Phi) is 6.39. The first-order valence-electron chi connectivity index (χ1n) is 4.96. The highest BCUT2D eigenvalue weighted by Crippen LogP contribution is 2.05. The molecular weight excluding hydrogens is 148 g/mol. The Morgan fingerprint density at radius 3 is 2.25 bits per heavy atom. The smallest absolute Gasteiger partial charge is 0.0101 e. The van der Waals surface area contributed by atoms with Gasteiger partial charge in [0.1, 0.15) is 0 Å². The molecule has 0 saturated carbocycles. The molecule has 0 heterocycles. The van der Waals surface area contributed by atoms with Crippen LogP contribution in [0.5, 0.6) is 0 Å². The van der Waals surface area contributed by atoms with Gasteiger partial charge in [0.15, 0.2) is 0 Å². The van der Waals surface area contributed by atoms with Crippen molar-refractivity contribution in [2.75, 3.05) is 27.2 Å². The molecule has 0 spiro atoms. The van der Waals surface area contributed by atoms with E-state index in [0.717, 1.165) is 19.0 Å². The zero-order valence-electron chi connectivity index (χ0n) is 9.22. The lowest BCUT2D eigenvalue weighted by Gasteiger charge is -2.21. The second-order valence-electron chi connectivity index (χ2n) is 3.93. The van der Waals surface area contributed by atoms with Gasteiger partial charge in [-0.3, -0.25) is 0 Å². The van der Waals surface area contributed by atoms with Gasteiger partial charge in [0.25, 0.3) is 0 Å². The highest BCUT2D eigenvalue weighted by Gasteiger charge is 2.08. The van der Waals surface area contributed by atoms with E-state index >= 15 is 0 Å². The molecule has 0 radical (unpaired) electrons. The molecule has 2 unspecified atom stereocenters. The molecule has 1 N–H and O–H groups in total. The lowest BCUT2D eigenvalue weighted by molar-refractivity contribution is 0.348. The fourth-order valence-electron chi connectivity index (χ4n) is 1.07. The summed E-state index contributed by atoms with van der Waals surface area (Å²) in [6.45, 7) is 9.03. The first kappa shape index (κ1) is 11.9. The average molecular weight is 172 g/mol. The van der Waals surface area contributed by atoms with Crippen LogP contribution < -0.4 is 5.32 Å². The molecule has 2 heteroatoms. The molecule has 0 aliphatic carbocycles. The van der Waals surface area contributed by atoms with Crippen molar-refractivity contribution in [2.45, 2.75) is 33.2 Å². The van der Waals surface area contributed by atoms with E-state index in [0.29, 0.717) is 6.04 Å². The molecule has 0 aliphatic rings. The maximum absolute atomic E-state index is 3.52. The predicted molar refractivity (Wildman–Crippen MR) is 55.5 cm³/mol. The molecule has 0 saturated heterocycles. The van der Waals surface area contributed by atoms with E-state index in [1.807, 2.05) is 0 Å². The monoisotopic (exact) mass is 172 g/mol. The maximum atomic E-state index is 3.52. The Balaban J connectivity index is 3.37. The topological polar surface area (TPSA) is 15.3 Å². The summed E-state index contributed by atoms with van der Waals surface area (Å²) in [6.07, 6.45) is 1.26. The van der Waals surface area contributed by atoms with E-state index in [-0.39, 0.29) is 0 Å². The van der Waals surface area contributed by atoms with Gasteiger partial charge in [-0.2, -0.15) is 0 Å². The van der Waals surface area contributed by atoms with Gasteiger partial charge in [0, 0.05) is 19.1 Å². The molecule has 0 fully saturated rings. The first-order valence-corrected chi connectivity index (χ1v) is 4.96. The van der Waals surface area contributed by atoms with Crippen molar-refractivity contribution in [3.8, 4) is 0 Å². The van der Waals surface area contributed by atoms with Gasteiger partial charge >= 0.3 is 0 Å². The fraction of sp³-hybridized carbons (Fsp3) is 1.00. The van der Waals surface area contributed by atoms with E-state index in [9.17, 15) is 0 Å². The Morgan fingerprint density at radius 2 is 1.83 bits per heavy atom. The number of hydrogen-bond acceptors (Lipinski definition) is 2. The summed E-state index contributed by atoms with van der Waals surface area (Å²) in [5, 5.41) is 3.52. The van der Waals surface area contributed by atoms with Crippen LogP contribution in [-0.2, 0) is 0 Å². The molecule has 0 aliphatic heterocycles. The van der Waals surface area contributed by atoms with E-state index in [4.69, 9.17) is 0 Å². The zero-order valence-corrected chi connectivity index (χ0v) is 9.22. The Morgan fingerprint density at radius 1 is 1.25 bits per heavy atom. The molecule has 74 valence electrons. The van der Waals surface area contributed by atoms with Crippen molar-refractivity contribution >= 4 is 0 Å². The molecule has 12 heavy (non-hydrogen) atoms. The molecule has 2 atom stereocenters. The molecule has 0 aromatic carbocycles. The summed E-state index contributed by atoms with van der Waals surface area (Å²) >= 11 is 0. The largest absolute Gasteiger partial charge is 0.313 e. The third-order valence-corrected chi connectivity index (χ3v) is 2.52. The van der Waals surface area contributed by atoms with Crippen LogP contribution in [0.25, 0.3) is 0 Å². The van der Waals surface area contributed by atoms with Gasteiger partial charge in [0.2, 0.25) is 0 Å². The molecular formula is C10H24N2. The summed E-state index contributed by atoms with van der Waals surface area (Å²) < 4.78 is 0. The van der Waals surface area contributed by atoms with Crippen LogP contribution in [0.4, 0.5) is 0 Å². The Labute approximate surface area is 77.3 Å². The average Bonchev–Trinajstić information content (AvgIpc) is 2.02. The van der Waals surface area contributed by atoms with Crippen LogP contribution in [0, 0.1) is 5.92 Å². The second-order valence-corrected chi connectivity index (χ2v) is 3.93. The Hall–Kier alpha value is -0.0800. The van der Waals surface area contributed by atoms with Crippen LogP contribution in [0.2, 0.25) is 0 Å². The van der Waals surface area contributed by atoms with Gasteiger partial charge in [-0.25, -0.2) is 0 Å². The van der Waals surface area contributed by atoms with Crippen molar-refractivity contribution in [3.63, 3.8) is 0 Å². The lowest BCUT2D eigenvalue weighted by Crippen LogP contribution is -2.36. The third kappa shape index (κ3) is 5.56. The van der Waals surface area contributed by atoms with Crippen molar-refractivity contribution in [1.82, 2.24) is 10.2 Å². The van der Waals surface area contributed by atoms with Gasteiger partial charge in [-0.15, -0.1) is 0 Å². The normalized spacial score (nSPS) is 16.5. The Bertz CT molecular complexity index is 102. The van der Waals surface area contributed by atoms with Crippen LogP contribution >= 0.6 is 0 Å². The van der Waals surface area contributed by atoms with Gasteiger partial charge in [0.05, 0.1) is 0 Å².